The topological polar surface area (TPSA) is 86.7 Å². The maximum atomic E-state index is 13.2. The number of carbonyl (C=O) groups is 3. The van der Waals surface area contributed by atoms with Crippen molar-refractivity contribution in [1.82, 2.24) is 0 Å². The fraction of sp³-hybridized carbons (Fsp3) is 0.0870. The van der Waals surface area contributed by atoms with E-state index in [2.05, 4.69) is 5.32 Å². The van der Waals surface area contributed by atoms with E-state index < -0.39 is 11.9 Å². The Morgan fingerprint density at radius 2 is 1.34 bits per heavy atom. The van der Waals surface area contributed by atoms with Crippen LogP contribution in [0.15, 0.2) is 78.9 Å². The zero-order valence-corrected chi connectivity index (χ0v) is 15.8. The number of anilines is 2. The SMILES string of the molecule is CCN(C(=O)c1ccccc1NC(=O)c1ccccc1C(=O)O)c1ccccc1. The monoisotopic (exact) mass is 388 g/mol. The Balaban J connectivity index is 1.93. The molecule has 0 aliphatic heterocycles. The van der Waals surface area contributed by atoms with Crippen molar-refractivity contribution in [2.24, 2.45) is 0 Å². The highest BCUT2D eigenvalue weighted by Crippen LogP contribution is 2.23. The van der Waals surface area contributed by atoms with Crippen LogP contribution in [-0.2, 0) is 0 Å². The lowest BCUT2D eigenvalue weighted by Crippen LogP contribution is -2.31. The quantitative estimate of drug-likeness (QED) is 0.659. The van der Waals surface area contributed by atoms with Crippen LogP contribution in [0.2, 0.25) is 0 Å². The molecule has 0 spiro atoms. The van der Waals surface area contributed by atoms with Crippen molar-refractivity contribution in [2.75, 3.05) is 16.8 Å². The summed E-state index contributed by atoms with van der Waals surface area (Å²) in [7, 11) is 0. The maximum Gasteiger partial charge on any atom is 0.336 e. The van der Waals surface area contributed by atoms with Crippen molar-refractivity contribution < 1.29 is 19.5 Å². The summed E-state index contributed by atoms with van der Waals surface area (Å²) in [5, 5.41) is 12.0. The molecule has 0 atom stereocenters. The van der Waals surface area contributed by atoms with Crippen LogP contribution in [0.4, 0.5) is 11.4 Å². The average molecular weight is 388 g/mol. The second-order valence-corrected chi connectivity index (χ2v) is 6.24. The third-order valence-electron chi connectivity index (χ3n) is 4.44. The largest absolute Gasteiger partial charge is 0.478 e. The number of benzene rings is 3. The molecule has 3 rings (SSSR count). The van der Waals surface area contributed by atoms with Gasteiger partial charge in [0.05, 0.1) is 22.4 Å². The van der Waals surface area contributed by atoms with Gasteiger partial charge in [0.25, 0.3) is 11.8 Å². The molecule has 0 heterocycles. The molecular formula is C23H20N2O4. The van der Waals surface area contributed by atoms with Crippen molar-refractivity contribution >= 4 is 29.2 Å². The summed E-state index contributed by atoms with van der Waals surface area (Å²) in [5.74, 6) is -2.05. The van der Waals surface area contributed by atoms with E-state index in [0.717, 1.165) is 5.69 Å². The summed E-state index contributed by atoms with van der Waals surface area (Å²) >= 11 is 0. The van der Waals surface area contributed by atoms with Gasteiger partial charge in [-0.2, -0.15) is 0 Å². The molecule has 2 N–H and O–H groups in total. The Morgan fingerprint density at radius 1 is 0.793 bits per heavy atom. The van der Waals surface area contributed by atoms with Crippen LogP contribution in [0.5, 0.6) is 0 Å². The van der Waals surface area contributed by atoms with Gasteiger partial charge in [-0.15, -0.1) is 0 Å². The van der Waals surface area contributed by atoms with Crippen molar-refractivity contribution in [3.63, 3.8) is 0 Å². The second-order valence-electron chi connectivity index (χ2n) is 6.24. The van der Waals surface area contributed by atoms with E-state index in [9.17, 15) is 19.5 Å². The lowest BCUT2D eigenvalue weighted by molar-refractivity contribution is 0.0692. The minimum atomic E-state index is -1.19. The number of carbonyl (C=O) groups excluding carboxylic acids is 2. The first kappa shape index (κ1) is 19.8. The van der Waals surface area contributed by atoms with Gasteiger partial charge in [-0.3, -0.25) is 9.59 Å². The normalized spacial score (nSPS) is 10.2. The van der Waals surface area contributed by atoms with Gasteiger partial charge in [0.2, 0.25) is 0 Å². The van der Waals surface area contributed by atoms with E-state index in [1.165, 1.54) is 12.1 Å². The first-order valence-corrected chi connectivity index (χ1v) is 9.12. The molecule has 0 fully saturated rings. The Morgan fingerprint density at radius 3 is 1.97 bits per heavy atom. The highest BCUT2D eigenvalue weighted by Gasteiger charge is 2.21. The van der Waals surface area contributed by atoms with E-state index in [1.807, 2.05) is 37.3 Å². The molecule has 146 valence electrons. The molecule has 0 aliphatic carbocycles. The van der Waals surface area contributed by atoms with Crippen molar-refractivity contribution in [2.45, 2.75) is 6.92 Å². The predicted molar refractivity (Wildman–Crippen MR) is 112 cm³/mol. The van der Waals surface area contributed by atoms with Gasteiger partial charge in [0.1, 0.15) is 0 Å². The fourth-order valence-corrected chi connectivity index (χ4v) is 3.03. The third kappa shape index (κ3) is 4.32. The minimum Gasteiger partial charge on any atom is -0.478 e. The number of carboxylic acids is 1. The molecule has 0 aromatic heterocycles. The molecule has 0 radical (unpaired) electrons. The molecule has 0 saturated heterocycles. The number of aromatic carboxylic acids is 1. The van der Waals surface area contributed by atoms with Gasteiger partial charge in [-0.05, 0) is 43.3 Å². The summed E-state index contributed by atoms with van der Waals surface area (Å²) in [6, 6.07) is 21.9. The first-order chi connectivity index (χ1) is 14.0. The van der Waals surface area contributed by atoms with E-state index in [4.69, 9.17) is 0 Å². The van der Waals surface area contributed by atoms with E-state index >= 15 is 0 Å². The smallest absolute Gasteiger partial charge is 0.336 e. The molecule has 0 bridgehead atoms. The summed E-state index contributed by atoms with van der Waals surface area (Å²) in [6.07, 6.45) is 0. The number of nitrogens with one attached hydrogen (secondary N) is 1. The molecule has 3 aromatic rings. The zero-order chi connectivity index (χ0) is 20.8. The fourth-order valence-electron chi connectivity index (χ4n) is 3.03. The average Bonchev–Trinajstić information content (AvgIpc) is 2.75. The highest BCUT2D eigenvalue weighted by atomic mass is 16.4. The molecule has 0 aliphatic rings. The van der Waals surface area contributed by atoms with E-state index in [1.54, 1.807) is 41.3 Å². The standard InChI is InChI=1S/C23H20N2O4/c1-2-25(16-10-4-3-5-11-16)22(27)19-14-8-9-15-20(19)24-21(26)17-12-6-7-13-18(17)23(28)29/h3-15H,2H2,1H3,(H,24,26)(H,28,29). The Bertz CT molecular complexity index is 1050. The van der Waals surface area contributed by atoms with Crippen LogP contribution in [0.3, 0.4) is 0 Å². The minimum absolute atomic E-state index is 0.0256. The molecular weight excluding hydrogens is 368 g/mol. The van der Waals surface area contributed by atoms with Crippen molar-refractivity contribution in [3.05, 3.63) is 95.6 Å². The lowest BCUT2D eigenvalue weighted by atomic mass is 10.1. The number of nitrogens with zero attached hydrogens (tertiary/aromatic N) is 1. The molecule has 0 unspecified atom stereocenters. The third-order valence-corrected chi connectivity index (χ3v) is 4.44. The number of hydrogen-bond acceptors (Lipinski definition) is 3. The Hall–Kier alpha value is -3.93. The number of carboxylic acid groups (broad SMARTS) is 1. The Labute approximate surface area is 168 Å². The number of hydrogen-bond donors (Lipinski definition) is 2. The van der Waals surface area contributed by atoms with Gasteiger partial charge in [-0.25, -0.2) is 4.79 Å². The van der Waals surface area contributed by atoms with E-state index in [0.29, 0.717) is 17.8 Å². The van der Waals surface area contributed by atoms with Crippen LogP contribution >= 0.6 is 0 Å². The summed E-state index contributed by atoms with van der Waals surface area (Å²) in [6.45, 7) is 2.32. The Kier molecular flexibility index (Phi) is 6.04. The lowest BCUT2D eigenvalue weighted by Gasteiger charge is -2.22. The van der Waals surface area contributed by atoms with Gasteiger partial charge in [0.15, 0.2) is 0 Å². The van der Waals surface area contributed by atoms with Gasteiger partial charge < -0.3 is 15.3 Å². The van der Waals surface area contributed by atoms with Crippen molar-refractivity contribution in [3.8, 4) is 0 Å². The molecule has 6 nitrogen and oxygen atoms in total. The second kappa shape index (κ2) is 8.84. The van der Waals surface area contributed by atoms with Crippen LogP contribution in [-0.4, -0.2) is 29.4 Å². The number of para-hydroxylation sites is 2. The maximum absolute atomic E-state index is 13.2. The molecule has 0 saturated carbocycles. The van der Waals surface area contributed by atoms with Gasteiger partial charge >= 0.3 is 5.97 Å². The molecule has 3 aromatic carbocycles. The van der Waals surface area contributed by atoms with Gasteiger partial charge in [-0.1, -0.05) is 42.5 Å². The van der Waals surface area contributed by atoms with Crippen LogP contribution in [0.25, 0.3) is 0 Å². The molecule has 2 amide bonds. The van der Waals surface area contributed by atoms with Gasteiger partial charge in [0, 0.05) is 12.2 Å². The first-order valence-electron chi connectivity index (χ1n) is 9.12. The number of rotatable bonds is 6. The number of amides is 2. The molecule has 29 heavy (non-hydrogen) atoms. The van der Waals surface area contributed by atoms with Crippen molar-refractivity contribution in [1.29, 1.82) is 0 Å². The molecule has 6 heteroatoms. The summed E-state index contributed by atoms with van der Waals surface area (Å²) < 4.78 is 0. The van der Waals surface area contributed by atoms with E-state index in [-0.39, 0.29) is 17.0 Å². The predicted octanol–water partition coefficient (Wildman–Crippen LogP) is 4.30. The zero-order valence-electron chi connectivity index (χ0n) is 15.8. The summed E-state index contributed by atoms with van der Waals surface area (Å²) in [5.41, 5.74) is 1.31. The van der Waals surface area contributed by atoms with Crippen LogP contribution in [0.1, 0.15) is 38.0 Å². The summed E-state index contributed by atoms with van der Waals surface area (Å²) in [4.78, 5) is 38.9. The van der Waals surface area contributed by atoms with Crippen LogP contribution in [0, 0.1) is 0 Å². The van der Waals surface area contributed by atoms with Crippen LogP contribution < -0.4 is 10.2 Å². The highest BCUT2D eigenvalue weighted by molar-refractivity contribution is 6.15.